The Balaban J connectivity index is 1.09. The van der Waals surface area contributed by atoms with Crippen molar-refractivity contribution in [3.05, 3.63) is 166 Å². The van der Waals surface area contributed by atoms with Crippen molar-refractivity contribution >= 4 is 138 Å². The van der Waals surface area contributed by atoms with Gasteiger partial charge in [-0.1, -0.05) is 139 Å². The van der Waals surface area contributed by atoms with Crippen molar-refractivity contribution in [2.24, 2.45) is 0 Å². The Labute approximate surface area is 455 Å². The van der Waals surface area contributed by atoms with Gasteiger partial charge in [0.05, 0.1) is 92.8 Å². The molecular formula is C59H44B12N4. The van der Waals surface area contributed by atoms with Gasteiger partial charge in [0.15, 0.2) is 0 Å². The van der Waals surface area contributed by atoms with E-state index >= 15 is 0 Å². The van der Waals surface area contributed by atoms with Crippen LogP contribution in [0.2, 0.25) is 42.2 Å². The summed E-state index contributed by atoms with van der Waals surface area (Å²) in [6.07, 6.45) is 10.9. The molecule has 8 atom stereocenters. The van der Waals surface area contributed by atoms with Gasteiger partial charge >= 0.3 is 0 Å². The number of rotatable bonds is 12. The van der Waals surface area contributed by atoms with Gasteiger partial charge < -0.3 is 9.97 Å². The van der Waals surface area contributed by atoms with Gasteiger partial charge in [-0.25, -0.2) is 9.97 Å². The fraction of sp³-hybridized carbons (Fsp3) is 0.254. The zero-order valence-electron chi connectivity index (χ0n) is 42.6. The molecule has 336 valence electrons. The first-order chi connectivity index (χ1) is 35.6. The first-order valence-electron chi connectivity index (χ1n) is 25.9. The quantitative estimate of drug-likeness (QED) is 0.120. The van der Waals surface area contributed by atoms with Crippen molar-refractivity contribution < 1.29 is 0 Å². The number of hydrogen-bond donors (Lipinski definition) is 2. The maximum absolute atomic E-state index is 6.83. The molecule has 13 rings (SSSR count). The standard InChI is InChI=1S/C59H44B12N4/c1-53(61)57(65,69-53)29-33-9-5-13-37(25-33)49-42-18-16-40(72-42)48(36-12-4-8-32(24-36)28-56(64)52(60)68-56)41-17-19-43(73-41)50(38-14-6-10-34(26-38)30-58(66)54(2,62)70-58)45-21-23-47(75-45)51(46-22-20-44(49)74-46)39-15-7-11-35(27-39)31-59(67)55(3,63)71-59/h4-27,52,72,75H,28-31H2,1-3H3. The first-order valence-corrected chi connectivity index (χ1v) is 25.9. The summed E-state index contributed by atoms with van der Waals surface area (Å²) in [6.45, 7) is 5.94. The topological polar surface area (TPSA) is 57.4 Å². The summed E-state index contributed by atoms with van der Waals surface area (Å²) < 4.78 is 0. The van der Waals surface area contributed by atoms with Gasteiger partial charge in [0, 0.05) is 44.3 Å². The highest BCUT2D eigenvalue weighted by atomic mass is 14.8. The van der Waals surface area contributed by atoms with E-state index in [1.165, 1.54) is 0 Å². The van der Waals surface area contributed by atoms with Crippen molar-refractivity contribution in [2.45, 2.75) is 88.7 Å². The molecule has 3 aromatic heterocycles. The van der Waals surface area contributed by atoms with E-state index in [0.29, 0.717) is 25.7 Å². The van der Waals surface area contributed by atoms with Crippen LogP contribution in [0, 0.1) is 0 Å². The van der Waals surface area contributed by atoms with Crippen LogP contribution in [0.5, 0.6) is 0 Å². The van der Waals surface area contributed by atoms with Gasteiger partial charge in [-0.05, 0) is 119 Å². The maximum Gasteiger partial charge on any atom is 0.102 e. The van der Waals surface area contributed by atoms with Crippen molar-refractivity contribution in [1.82, 2.24) is 19.9 Å². The van der Waals surface area contributed by atoms with Gasteiger partial charge in [0.2, 0.25) is 0 Å². The van der Waals surface area contributed by atoms with E-state index in [2.05, 4.69) is 156 Å². The van der Waals surface area contributed by atoms with Gasteiger partial charge in [-0.15, -0.1) is 21.4 Å². The molecule has 4 aromatic carbocycles. The molecular weight excluding hydrogens is 894 g/mol. The molecule has 4 saturated heterocycles. The van der Waals surface area contributed by atoms with E-state index in [4.69, 9.17) is 72.7 Å². The lowest BCUT2D eigenvalue weighted by Gasteiger charge is -2.18. The van der Waals surface area contributed by atoms with Gasteiger partial charge in [0.25, 0.3) is 0 Å². The second-order valence-corrected chi connectivity index (χ2v) is 23.2. The number of H-pyrrole nitrogens is 2. The van der Waals surface area contributed by atoms with E-state index in [1.54, 1.807) is 0 Å². The molecule has 0 aliphatic carbocycles. The molecule has 20 radical (unpaired) electrons. The Morgan fingerprint density at radius 1 is 0.413 bits per heavy atom. The van der Waals surface area contributed by atoms with Crippen molar-refractivity contribution in [2.75, 3.05) is 0 Å². The average Bonchev–Trinajstić information content (AvgIpc) is 3.96. The molecule has 6 aliphatic rings. The highest BCUT2D eigenvalue weighted by Gasteiger charge is 2.57. The van der Waals surface area contributed by atoms with E-state index in [1.807, 2.05) is 49.9 Å². The fourth-order valence-corrected chi connectivity index (χ4v) is 11.8. The molecule has 8 unspecified atom stereocenters. The third-order valence-corrected chi connectivity index (χ3v) is 17.0. The first kappa shape index (κ1) is 48.9. The highest BCUT2D eigenvalue weighted by molar-refractivity contribution is 6.82. The zero-order chi connectivity index (χ0) is 52.1. The Morgan fingerprint density at radius 2 is 0.667 bits per heavy atom. The van der Waals surface area contributed by atoms with Crippen LogP contribution in [0.1, 0.15) is 65.8 Å². The van der Waals surface area contributed by atoms with Crippen LogP contribution in [0.25, 0.3) is 90.9 Å². The second-order valence-electron chi connectivity index (χ2n) is 23.2. The minimum Gasteiger partial charge on any atom is -0.354 e. The summed E-state index contributed by atoms with van der Waals surface area (Å²) in [7, 11) is 61.2. The summed E-state index contributed by atoms with van der Waals surface area (Å²) in [5, 5.41) is -4.02. The largest absolute Gasteiger partial charge is 0.354 e. The predicted octanol–water partition coefficient (Wildman–Crippen LogP) is 10.3. The van der Waals surface area contributed by atoms with Crippen LogP contribution in [-0.4, -0.2) is 112 Å². The van der Waals surface area contributed by atoms with E-state index in [0.717, 1.165) is 112 Å². The second kappa shape index (κ2) is 16.9. The maximum atomic E-state index is 6.83. The lowest BCUT2D eigenvalue weighted by atomic mass is 9.64. The number of hydrogen-bond acceptors (Lipinski definition) is 2. The monoisotopic (exact) mass is 940 g/mol. The minimum absolute atomic E-state index is 0.150. The van der Waals surface area contributed by atoms with Crippen molar-refractivity contribution in [1.29, 1.82) is 0 Å². The van der Waals surface area contributed by atoms with Crippen LogP contribution in [0.3, 0.4) is 0 Å². The molecule has 75 heavy (non-hydrogen) atoms. The lowest BCUT2D eigenvalue weighted by molar-refractivity contribution is 0.787. The Bertz CT molecular complexity index is 3730. The molecule has 7 aromatic rings. The van der Waals surface area contributed by atoms with Crippen LogP contribution in [0.4, 0.5) is 0 Å². The molecule has 9 heterocycles. The van der Waals surface area contributed by atoms with Gasteiger partial charge in [0.1, 0.15) is 21.8 Å². The predicted molar refractivity (Wildman–Crippen MR) is 324 cm³/mol. The number of aromatic nitrogens is 4. The smallest absolute Gasteiger partial charge is 0.102 e. The van der Waals surface area contributed by atoms with E-state index in [-0.39, 0.29) is 5.72 Å². The molecule has 16 heteroatoms. The Kier molecular flexibility index (Phi) is 11.0. The van der Waals surface area contributed by atoms with Crippen molar-refractivity contribution in [3.8, 4) is 44.5 Å². The average molecular weight is 939 g/mol. The van der Waals surface area contributed by atoms with Crippen LogP contribution in [-0.2, 0) is 25.7 Å². The van der Waals surface area contributed by atoms with E-state index in [9.17, 15) is 0 Å². The molecule has 0 amide bonds. The normalized spacial score (nSPS) is 29.4. The van der Waals surface area contributed by atoms with Crippen LogP contribution in [0.15, 0.2) is 121 Å². The molecule has 6 aliphatic heterocycles. The third kappa shape index (κ3) is 8.64. The molecule has 8 bridgehead atoms. The fourth-order valence-electron chi connectivity index (χ4n) is 11.8. The molecule has 0 saturated carbocycles. The Hall–Kier alpha value is -5.74. The highest BCUT2D eigenvalue weighted by Crippen LogP contribution is 2.67. The summed E-state index contributed by atoms with van der Waals surface area (Å²) in [5.74, 6) is 0. The molecule has 2 N–H and O–H groups in total. The summed E-state index contributed by atoms with van der Waals surface area (Å²) >= 11 is 0. The van der Waals surface area contributed by atoms with Gasteiger partial charge in [-0.3, -0.25) is 0 Å². The third-order valence-electron chi connectivity index (χ3n) is 17.0. The molecule has 0 spiro atoms. The zero-order valence-corrected chi connectivity index (χ0v) is 42.6. The van der Waals surface area contributed by atoms with Gasteiger partial charge in [-0.2, -0.15) is 0 Å². The van der Waals surface area contributed by atoms with Crippen LogP contribution < -0.4 is 0 Å². The van der Waals surface area contributed by atoms with Crippen LogP contribution >= 0.6 is 0 Å². The summed E-state index contributed by atoms with van der Waals surface area (Å²) in [5.41, 5.74) is 18.6. The Morgan fingerprint density at radius 3 is 0.907 bits per heavy atom. The summed E-state index contributed by atoms with van der Waals surface area (Å²) in [6, 6.07) is 42.8. The summed E-state index contributed by atoms with van der Waals surface area (Å²) in [4.78, 5) is 19.0. The number of nitrogens with one attached hydrogen (secondary N) is 2. The number of aromatic amines is 2. The number of nitrogens with zero attached hydrogens (tertiary/aromatic N) is 2. The van der Waals surface area contributed by atoms with E-state index < -0.39 is 36.5 Å². The number of fused-ring (bicyclic) bond motifs is 8. The molecule has 4 fully saturated rings. The SMILES string of the molecule is [B]C1[B]C1([B])Cc1cccc(-c2c3nc(c(-c4cccc(CC5([B])[B]C5([B])C)c4)c4ccc([nH]4)c(-c4cccc(CC5([B])[B]C5([B])C)c4)c4nc(c(-c5cccc(CC6([B])[B]C6([B])C)c5)c5ccc2[nH]5)C=C4)C=C3)c1. The number of benzene rings is 4. The minimum atomic E-state index is -0.607. The molecule has 4 nitrogen and oxygen atoms in total. The lowest BCUT2D eigenvalue weighted by Crippen LogP contribution is -2.04. The van der Waals surface area contributed by atoms with Crippen molar-refractivity contribution in [3.63, 3.8) is 0 Å².